The van der Waals surface area contributed by atoms with Gasteiger partial charge in [0, 0.05) is 11.8 Å². The summed E-state index contributed by atoms with van der Waals surface area (Å²) in [5.41, 5.74) is -1.09. The molecule has 2 aromatic carbocycles. The number of nitrogens with one attached hydrogen (secondary N) is 1. The molecule has 0 atom stereocenters. The summed E-state index contributed by atoms with van der Waals surface area (Å²) in [5.74, 6) is -1.73. The fourth-order valence-corrected chi connectivity index (χ4v) is 4.11. The third kappa shape index (κ3) is 4.17. The first-order valence-corrected chi connectivity index (χ1v) is 10.5. The number of anilines is 1. The maximum atomic E-state index is 13.7. The number of ether oxygens (including phenoxy) is 1. The van der Waals surface area contributed by atoms with E-state index in [1.165, 1.54) is 0 Å². The molecule has 4 rings (SSSR count). The third-order valence-corrected chi connectivity index (χ3v) is 5.50. The first kappa shape index (κ1) is 21.4. The molecule has 0 bridgehead atoms. The Morgan fingerprint density at radius 2 is 1.75 bits per heavy atom. The fourth-order valence-electron chi connectivity index (χ4n) is 3.28. The van der Waals surface area contributed by atoms with E-state index in [-0.39, 0.29) is 15.9 Å². The third-order valence-electron chi connectivity index (χ3n) is 4.61. The second-order valence-electron chi connectivity index (χ2n) is 6.78. The van der Waals surface area contributed by atoms with Gasteiger partial charge >= 0.3 is 5.69 Å². The van der Waals surface area contributed by atoms with Gasteiger partial charge in [0.05, 0.1) is 17.8 Å². The lowest BCUT2D eigenvalue weighted by Gasteiger charge is -2.13. The molecule has 1 N–H and O–H groups in total. The van der Waals surface area contributed by atoms with E-state index in [1.54, 1.807) is 35.7 Å². The molecule has 32 heavy (non-hydrogen) atoms. The summed E-state index contributed by atoms with van der Waals surface area (Å²) < 4.78 is 34.8. The molecule has 0 saturated heterocycles. The number of benzene rings is 2. The van der Waals surface area contributed by atoms with E-state index in [1.807, 2.05) is 6.92 Å². The summed E-state index contributed by atoms with van der Waals surface area (Å²) in [6.07, 6.45) is 0. The lowest BCUT2D eigenvalue weighted by molar-refractivity contribution is -0.116. The van der Waals surface area contributed by atoms with Crippen molar-refractivity contribution in [3.05, 3.63) is 86.4 Å². The van der Waals surface area contributed by atoms with Crippen LogP contribution in [-0.4, -0.2) is 21.6 Å². The van der Waals surface area contributed by atoms with Crippen molar-refractivity contribution in [1.82, 2.24) is 9.13 Å². The van der Waals surface area contributed by atoms with Crippen molar-refractivity contribution in [3.63, 3.8) is 0 Å². The van der Waals surface area contributed by atoms with Gasteiger partial charge in [-0.05, 0) is 54.8 Å². The number of fused-ring (bicyclic) bond motifs is 1. The molecule has 0 spiro atoms. The Bertz CT molecular complexity index is 1400. The summed E-state index contributed by atoms with van der Waals surface area (Å²) in [7, 11) is 0. The highest BCUT2D eigenvalue weighted by Gasteiger charge is 2.18. The molecule has 2 heterocycles. The number of rotatable bonds is 6. The SMILES string of the molecule is CCOc1ccc(NC(=O)Cn2c(=O)n(-c3cc(F)cc(F)c3)c(=O)c3sccc32)cc1. The molecule has 0 aliphatic rings. The fraction of sp³-hybridized carbons (Fsp3) is 0.136. The van der Waals surface area contributed by atoms with Crippen molar-refractivity contribution < 1.29 is 18.3 Å². The van der Waals surface area contributed by atoms with Gasteiger partial charge in [-0.2, -0.15) is 0 Å². The van der Waals surface area contributed by atoms with Crippen LogP contribution in [0.5, 0.6) is 5.75 Å². The van der Waals surface area contributed by atoms with Crippen LogP contribution in [0.1, 0.15) is 6.92 Å². The Morgan fingerprint density at radius 1 is 1.06 bits per heavy atom. The van der Waals surface area contributed by atoms with Gasteiger partial charge < -0.3 is 10.1 Å². The summed E-state index contributed by atoms with van der Waals surface area (Å²) in [6.45, 7) is 1.96. The lowest BCUT2D eigenvalue weighted by Crippen LogP contribution is -2.40. The van der Waals surface area contributed by atoms with E-state index in [0.29, 0.717) is 28.7 Å². The molecule has 0 aliphatic carbocycles. The van der Waals surface area contributed by atoms with Gasteiger partial charge in [0.25, 0.3) is 5.56 Å². The van der Waals surface area contributed by atoms with Gasteiger partial charge in [0.1, 0.15) is 28.6 Å². The number of amides is 1. The van der Waals surface area contributed by atoms with Crippen LogP contribution >= 0.6 is 11.3 Å². The Balaban J connectivity index is 1.72. The monoisotopic (exact) mass is 457 g/mol. The normalized spacial score (nSPS) is 11.0. The van der Waals surface area contributed by atoms with E-state index in [0.717, 1.165) is 28.0 Å². The largest absolute Gasteiger partial charge is 0.494 e. The van der Waals surface area contributed by atoms with Gasteiger partial charge in [-0.3, -0.25) is 14.2 Å². The van der Waals surface area contributed by atoms with Crippen LogP contribution in [-0.2, 0) is 11.3 Å². The molecule has 164 valence electrons. The number of hydrogen-bond donors (Lipinski definition) is 1. The molecule has 0 saturated carbocycles. The topological polar surface area (TPSA) is 82.3 Å². The first-order chi connectivity index (χ1) is 15.4. The summed E-state index contributed by atoms with van der Waals surface area (Å²) in [5, 5.41) is 4.28. The summed E-state index contributed by atoms with van der Waals surface area (Å²) >= 11 is 1.07. The van der Waals surface area contributed by atoms with Crippen molar-refractivity contribution in [2.75, 3.05) is 11.9 Å². The van der Waals surface area contributed by atoms with Crippen LogP contribution in [0.25, 0.3) is 15.9 Å². The van der Waals surface area contributed by atoms with Gasteiger partial charge in [-0.25, -0.2) is 18.1 Å². The van der Waals surface area contributed by atoms with Crippen molar-refractivity contribution in [3.8, 4) is 11.4 Å². The minimum absolute atomic E-state index is 0.183. The average Bonchev–Trinajstić information content (AvgIpc) is 3.22. The molecule has 0 unspecified atom stereocenters. The van der Waals surface area contributed by atoms with Crippen molar-refractivity contribution in [1.29, 1.82) is 0 Å². The number of carbonyl (C=O) groups excluding carboxylic acids is 1. The van der Waals surface area contributed by atoms with Crippen LogP contribution in [0.3, 0.4) is 0 Å². The molecule has 7 nitrogen and oxygen atoms in total. The van der Waals surface area contributed by atoms with Crippen LogP contribution < -0.4 is 21.3 Å². The smallest absolute Gasteiger partial charge is 0.336 e. The number of nitrogens with zero attached hydrogens (tertiary/aromatic N) is 2. The second-order valence-corrected chi connectivity index (χ2v) is 7.69. The molecule has 0 aliphatic heterocycles. The zero-order chi connectivity index (χ0) is 22.8. The second kappa shape index (κ2) is 8.75. The molecule has 1 amide bonds. The highest BCUT2D eigenvalue weighted by molar-refractivity contribution is 7.17. The Hall–Kier alpha value is -3.79. The highest BCUT2D eigenvalue weighted by atomic mass is 32.1. The van der Waals surface area contributed by atoms with Crippen LogP contribution in [0.15, 0.2) is 63.5 Å². The molecule has 0 fully saturated rings. The zero-order valence-electron chi connectivity index (χ0n) is 16.8. The predicted octanol–water partition coefficient (Wildman–Crippen LogP) is 3.53. The number of carbonyl (C=O) groups is 1. The molecular formula is C22H17F2N3O4S. The maximum absolute atomic E-state index is 13.7. The molecule has 0 radical (unpaired) electrons. The number of halogens is 2. The quantitative estimate of drug-likeness (QED) is 0.480. The van der Waals surface area contributed by atoms with Crippen molar-refractivity contribution in [2.45, 2.75) is 13.5 Å². The van der Waals surface area contributed by atoms with E-state index in [4.69, 9.17) is 4.74 Å². The average molecular weight is 457 g/mol. The zero-order valence-corrected chi connectivity index (χ0v) is 17.6. The van der Waals surface area contributed by atoms with Gasteiger partial charge in [-0.1, -0.05) is 0 Å². The molecule has 2 aromatic heterocycles. The number of aromatic nitrogens is 2. The van der Waals surface area contributed by atoms with Crippen LogP contribution in [0.4, 0.5) is 14.5 Å². The van der Waals surface area contributed by atoms with E-state index < -0.39 is 35.3 Å². The van der Waals surface area contributed by atoms with Gasteiger partial charge in [-0.15, -0.1) is 11.3 Å². The lowest BCUT2D eigenvalue weighted by atomic mass is 10.3. The van der Waals surface area contributed by atoms with E-state index >= 15 is 0 Å². The summed E-state index contributed by atoms with van der Waals surface area (Å²) in [6, 6.07) is 10.7. The Kier molecular flexibility index (Phi) is 5.87. The minimum Gasteiger partial charge on any atom is -0.494 e. The minimum atomic E-state index is -0.933. The predicted molar refractivity (Wildman–Crippen MR) is 118 cm³/mol. The van der Waals surface area contributed by atoms with E-state index in [2.05, 4.69) is 5.32 Å². The van der Waals surface area contributed by atoms with Crippen LogP contribution in [0.2, 0.25) is 0 Å². The van der Waals surface area contributed by atoms with E-state index in [9.17, 15) is 23.2 Å². The van der Waals surface area contributed by atoms with Gasteiger partial charge in [0.2, 0.25) is 5.91 Å². The van der Waals surface area contributed by atoms with Crippen molar-refractivity contribution >= 4 is 33.1 Å². The Labute approximate surface area is 184 Å². The maximum Gasteiger partial charge on any atom is 0.336 e. The summed E-state index contributed by atoms with van der Waals surface area (Å²) in [4.78, 5) is 38.6. The van der Waals surface area contributed by atoms with Gasteiger partial charge in [0.15, 0.2) is 0 Å². The first-order valence-electron chi connectivity index (χ1n) is 9.59. The Morgan fingerprint density at radius 3 is 2.41 bits per heavy atom. The molecular weight excluding hydrogens is 440 g/mol. The number of thiophene rings is 1. The van der Waals surface area contributed by atoms with Crippen molar-refractivity contribution in [2.24, 2.45) is 0 Å². The molecule has 4 aromatic rings. The standard InChI is InChI=1S/C22H17F2N3O4S/c1-2-31-17-5-3-15(4-6-17)25-19(28)12-26-18-7-8-32-20(18)21(29)27(22(26)30)16-10-13(23)9-14(24)11-16/h3-11H,2,12H2,1H3,(H,25,28). The highest BCUT2D eigenvalue weighted by Crippen LogP contribution is 2.18. The van der Waals surface area contributed by atoms with Crippen LogP contribution in [0, 0.1) is 11.6 Å². The molecule has 10 heteroatoms. The number of hydrogen-bond acceptors (Lipinski definition) is 5.